The summed E-state index contributed by atoms with van der Waals surface area (Å²) in [7, 11) is -1.86. The van der Waals surface area contributed by atoms with Gasteiger partial charge in [-0.25, -0.2) is 8.42 Å². The summed E-state index contributed by atoms with van der Waals surface area (Å²) in [5.74, 6) is 0.661. The monoisotopic (exact) mass is 327 g/mol. The first-order chi connectivity index (χ1) is 10.2. The predicted octanol–water partition coefficient (Wildman–Crippen LogP) is 3.92. The largest absolute Gasteiger partial charge is 0.497 e. The lowest BCUT2D eigenvalue weighted by Crippen LogP contribution is -2.33. The minimum absolute atomic E-state index is 0.224. The van der Waals surface area contributed by atoms with Crippen molar-refractivity contribution >= 4 is 10.0 Å². The van der Waals surface area contributed by atoms with Gasteiger partial charge in [-0.3, -0.25) is 0 Å². The molecule has 0 amide bonds. The van der Waals surface area contributed by atoms with Gasteiger partial charge in [-0.2, -0.15) is 4.31 Å². The van der Waals surface area contributed by atoms with Gasteiger partial charge in [0.1, 0.15) is 5.75 Å². The topological polar surface area (TPSA) is 46.6 Å². The fraction of sp³-hybridized carbons (Fsp3) is 0.647. The van der Waals surface area contributed by atoms with Crippen LogP contribution in [0.5, 0.6) is 5.75 Å². The van der Waals surface area contributed by atoms with E-state index >= 15 is 0 Å². The van der Waals surface area contributed by atoms with E-state index in [1.54, 1.807) is 35.7 Å². The summed E-state index contributed by atoms with van der Waals surface area (Å²) in [4.78, 5) is 0.331. The van der Waals surface area contributed by atoms with Gasteiger partial charge in [-0.1, -0.05) is 27.7 Å². The van der Waals surface area contributed by atoms with Crippen LogP contribution in [-0.4, -0.2) is 32.9 Å². The number of rotatable bonds is 8. The third-order valence-electron chi connectivity index (χ3n) is 3.50. The van der Waals surface area contributed by atoms with Crippen molar-refractivity contribution in [3.8, 4) is 5.75 Å². The Morgan fingerprint density at radius 3 is 2.14 bits per heavy atom. The molecular weight excluding hydrogens is 298 g/mol. The van der Waals surface area contributed by atoms with Crippen LogP contribution in [0.15, 0.2) is 29.2 Å². The van der Waals surface area contributed by atoms with Gasteiger partial charge in [-0.15, -0.1) is 0 Å². The molecule has 0 radical (unpaired) electrons. The Bertz CT molecular complexity index is 544. The fourth-order valence-corrected chi connectivity index (χ4v) is 3.85. The highest BCUT2D eigenvalue weighted by atomic mass is 32.2. The third-order valence-corrected chi connectivity index (χ3v) is 5.42. The van der Waals surface area contributed by atoms with Gasteiger partial charge < -0.3 is 4.74 Å². The summed E-state index contributed by atoms with van der Waals surface area (Å²) >= 11 is 0. The molecule has 4 nitrogen and oxygen atoms in total. The van der Waals surface area contributed by atoms with Crippen molar-refractivity contribution in [1.29, 1.82) is 0 Å². The Morgan fingerprint density at radius 1 is 1.09 bits per heavy atom. The van der Waals surface area contributed by atoms with Gasteiger partial charge in [-0.05, 0) is 48.9 Å². The maximum atomic E-state index is 12.8. The van der Waals surface area contributed by atoms with Crippen LogP contribution < -0.4 is 4.74 Å². The van der Waals surface area contributed by atoms with Crippen LogP contribution >= 0.6 is 0 Å². The summed E-state index contributed by atoms with van der Waals surface area (Å²) in [6.45, 7) is 9.65. The van der Waals surface area contributed by atoms with Crippen LogP contribution in [0.25, 0.3) is 0 Å². The highest BCUT2D eigenvalue weighted by Gasteiger charge is 2.24. The van der Waals surface area contributed by atoms with Gasteiger partial charge in [0, 0.05) is 13.1 Å². The molecule has 0 saturated heterocycles. The molecular formula is C17H29NO3S. The molecule has 22 heavy (non-hydrogen) atoms. The lowest BCUT2D eigenvalue weighted by Gasteiger charge is -2.24. The lowest BCUT2D eigenvalue weighted by molar-refractivity contribution is 0.327. The average molecular weight is 327 g/mol. The van der Waals surface area contributed by atoms with Gasteiger partial charge >= 0.3 is 0 Å². The molecule has 5 heteroatoms. The summed E-state index contributed by atoms with van der Waals surface area (Å²) in [5, 5.41) is 0. The normalized spacial score (nSPS) is 12.6. The Morgan fingerprint density at radius 2 is 1.68 bits per heavy atom. The molecule has 0 spiro atoms. The number of ether oxygens (including phenoxy) is 1. The number of hydrogen-bond acceptors (Lipinski definition) is 3. The minimum atomic E-state index is -3.43. The second-order valence-corrected chi connectivity index (χ2v) is 8.68. The average Bonchev–Trinajstić information content (AvgIpc) is 2.45. The van der Waals surface area contributed by atoms with Crippen LogP contribution in [-0.2, 0) is 10.0 Å². The van der Waals surface area contributed by atoms with E-state index in [4.69, 9.17) is 4.74 Å². The van der Waals surface area contributed by atoms with Crippen LogP contribution in [0, 0.1) is 5.41 Å². The molecule has 0 aliphatic rings. The van der Waals surface area contributed by atoms with Crippen molar-refractivity contribution in [2.45, 2.75) is 51.9 Å². The first kappa shape index (κ1) is 19.0. The molecule has 1 rings (SSSR count). The maximum absolute atomic E-state index is 12.8. The van der Waals surface area contributed by atoms with E-state index in [-0.39, 0.29) is 5.41 Å². The minimum Gasteiger partial charge on any atom is -0.497 e. The number of hydrogen-bond donors (Lipinski definition) is 0. The Labute approximate surface area is 135 Å². The van der Waals surface area contributed by atoms with E-state index in [1.807, 2.05) is 6.92 Å². The lowest BCUT2D eigenvalue weighted by atomic mass is 9.91. The quantitative estimate of drug-likeness (QED) is 0.727. The van der Waals surface area contributed by atoms with Crippen molar-refractivity contribution in [3.05, 3.63) is 24.3 Å². The number of benzene rings is 1. The Balaban J connectivity index is 2.87. The Kier molecular flexibility index (Phi) is 6.88. The molecule has 0 saturated carbocycles. The second kappa shape index (κ2) is 7.97. The molecule has 0 aliphatic heterocycles. The van der Waals surface area contributed by atoms with Crippen LogP contribution in [0.3, 0.4) is 0 Å². The molecule has 0 bridgehead atoms. The molecule has 0 atom stereocenters. The molecule has 0 aliphatic carbocycles. The first-order valence-corrected chi connectivity index (χ1v) is 9.29. The van der Waals surface area contributed by atoms with E-state index in [0.29, 0.717) is 23.7 Å². The highest BCUT2D eigenvalue weighted by Crippen LogP contribution is 2.23. The standard InChI is InChI=1S/C17H29NO3S/c1-6-13-18(14-7-12-17(2,3)4)22(19,20)16-10-8-15(21-5)9-11-16/h8-11H,6-7,12-14H2,1-5H3. The highest BCUT2D eigenvalue weighted by molar-refractivity contribution is 7.89. The number of nitrogens with zero attached hydrogens (tertiary/aromatic N) is 1. The van der Waals surface area contributed by atoms with Crippen molar-refractivity contribution in [2.24, 2.45) is 5.41 Å². The third kappa shape index (κ3) is 5.61. The van der Waals surface area contributed by atoms with Crippen LogP contribution in [0.4, 0.5) is 0 Å². The zero-order valence-electron chi connectivity index (χ0n) is 14.4. The van der Waals surface area contributed by atoms with Gasteiger partial charge in [0.15, 0.2) is 0 Å². The van der Waals surface area contributed by atoms with Crippen LogP contribution in [0.2, 0.25) is 0 Å². The SMILES string of the molecule is CCCN(CCCC(C)(C)C)S(=O)(=O)c1ccc(OC)cc1. The molecule has 1 aromatic rings. The number of sulfonamides is 1. The predicted molar refractivity (Wildman–Crippen MR) is 90.7 cm³/mol. The summed E-state index contributed by atoms with van der Waals surface area (Å²) in [6.07, 6.45) is 2.69. The second-order valence-electron chi connectivity index (χ2n) is 6.74. The van der Waals surface area contributed by atoms with Gasteiger partial charge in [0.25, 0.3) is 0 Å². The first-order valence-electron chi connectivity index (χ1n) is 7.85. The summed E-state index contributed by atoms with van der Waals surface area (Å²) in [5.41, 5.74) is 0.224. The molecule has 1 aromatic carbocycles. The summed E-state index contributed by atoms with van der Waals surface area (Å²) < 4.78 is 32.2. The van der Waals surface area contributed by atoms with E-state index in [9.17, 15) is 8.42 Å². The molecule has 0 fully saturated rings. The van der Waals surface area contributed by atoms with Gasteiger partial charge in [0.2, 0.25) is 10.0 Å². The van der Waals surface area contributed by atoms with E-state index in [1.165, 1.54) is 0 Å². The zero-order chi connectivity index (χ0) is 16.8. The molecule has 126 valence electrons. The van der Waals surface area contributed by atoms with E-state index in [0.717, 1.165) is 19.3 Å². The van der Waals surface area contributed by atoms with Crippen LogP contribution in [0.1, 0.15) is 47.0 Å². The summed E-state index contributed by atoms with van der Waals surface area (Å²) in [6, 6.07) is 6.60. The van der Waals surface area contributed by atoms with E-state index in [2.05, 4.69) is 20.8 Å². The molecule has 0 aromatic heterocycles. The van der Waals surface area contributed by atoms with Gasteiger partial charge in [0.05, 0.1) is 12.0 Å². The molecule has 0 N–H and O–H groups in total. The maximum Gasteiger partial charge on any atom is 0.243 e. The number of methoxy groups -OCH3 is 1. The fourth-order valence-electron chi connectivity index (χ4n) is 2.28. The van der Waals surface area contributed by atoms with Crippen molar-refractivity contribution in [1.82, 2.24) is 4.31 Å². The van der Waals surface area contributed by atoms with Crippen molar-refractivity contribution in [3.63, 3.8) is 0 Å². The smallest absolute Gasteiger partial charge is 0.243 e. The molecule has 0 unspecified atom stereocenters. The molecule has 0 heterocycles. The Hall–Kier alpha value is -1.07. The van der Waals surface area contributed by atoms with Crippen molar-refractivity contribution in [2.75, 3.05) is 20.2 Å². The van der Waals surface area contributed by atoms with Crippen molar-refractivity contribution < 1.29 is 13.2 Å². The zero-order valence-corrected chi connectivity index (χ0v) is 15.2. The van der Waals surface area contributed by atoms with E-state index < -0.39 is 10.0 Å².